The molecule has 2 amide bonds. The molecule has 0 aliphatic carbocycles. The third-order valence-electron chi connectivity index (χ3n) is 5.40. The molecule has 31 heavy (non-hydrogen) atoms. The summed E-state index contributed by atoms with van der Waals surface area (Å²) in [5.41, 5.74) is 4.10. The van der Waals surface area contributed by atoms with E-state index in [1.54, 1.807) is 21.7 Å². The van der Waals surface area contributed by atoms with Crippen molar-refractivity contribution < 1.29 is 9.59 Å². The van der Waals surface area contributed by atoms with Crippen LogP contribution in [0.5, 0.6) is 0 Å². The van der Waals surface area contributed by atoms with E-state index in [1.165, 1.54) is 5.56 Å². The first-order chi connectivity index (χ1) is 15.1. The Labute approximate surface area is 186 Å². The molecule has 8 heteroatoms. The molecule has 0 unspecified atom stereocenters. The number of benzene rings is 2. The summed E-state index contributed by atoms with van der Waals surface area (Å²) in [5.74, 6) is -0.510. The fourth-order valence-corrected chi connectivity index (χ4v) is 4.00. The first-order valence-corrected chi connectivity index (χ1v) is 10.8. The zero-order valence-electron chi connectivity index (χ0n) is 17.3. The lowest BCUT2D eigenvalue weighted by Crippen LogP contribution is -2.42. The van der Waals surface area contributed by atoms with Crippen molar-refractivity contribution in [2.24, 2.45) is 0 Å². The van der Waals surface area contributed by atoms with Crippen LogP contribution in [0.3, 0.4) is 0 Å². The summed E-state index contributed by atoms with van der Waals surface area (Å²) in [5, 5.41) is 11.6. The second-order valence-corrected chi connectivity index (χ2v) is 7.98. The third kappa shape index (κ3) is 4.61. The van der Waals surface area contributed by atoms with E-state index in [0.717, 1.165) is 24.1 Å². The van der Waals surface area contributed by atoms with Gasteiger partial charge in [0.2, 0.25) is 5.91 Å². The lowest BCUT2D eigenvalue weighted by atomic mass is 10.00. The van der Waals surface area contributed by atoms with Gasteiger partial charge in [0.1, 0.15) is 0 Å². The standard InChI is InChI=1S/C23H24ClN5O2/c1-2-6-20-22(26-27-29(20)19-10-5-9-18(24)13-19)23(31)25-14-21(30)28-12-11-16-7-3-4-8-17(16)15-28/h3-5,7-10,13H,2,6,11-12,14-15H2,1H3,(H,25,31). The minimum atomic E-state index is -0.400. The molecule has 1 aliphatic heterocycles. The molecule has 0 atom stereocenters. The van der Waals surface area contributed by atoms with Gasteiger partial charge in [-0.05, 0) is 42.2 Å². The third-order valence-corrected chi connectivity index (χ3v) is 5.64. The summed E-state index contributed by atoms with van der Waals surface area (Å²) >= 11 is 6.10. The number of halogens is 1. The highest BCUT2D eigenvalue weighted by molar-refractivity contribution is 6.30. The molecule has 0 saturated heterocycles. The van der Waals surface area contributed by atoms with Gasteiger partial charge in [0.25, 0.3) is 5.91 Å². The highest BCUT2D eigenvalue weighted by atomic mass is 35.5. The van der Waals surface area contributed by atoms with E-state index in [1.807, 2.05) is 37.3 Å². The van der Waals surface area contributed by atoms with Crippen LogP contribution in [-0.2, 0) is 24.2 Å². The number of rotatable bonds is 6. The zero-order chi connectivity index (χ0) is 21.8. The Morgan fingerprint density at radius 3 is 2.71 bits per heavy atom. The van der Waals surface area contributed by atoms with Crippen LogP contribution < -0.4 is 5.32 Å². The highest BCUT2D eigenvalue weighted by Crippen LogP contribution is 2.20. The molecule has 3 aromatic rings. The Bertz CT molecular complexity index is 1110. The smallest absolute Gasteiger partial charge is 0.274 e. The molecule has 0 spiro atoms. The first-order valence-electron chi connectivity index (χ1n) is 10.4. The topological polar surface area (TPSA) is 80.1 Å². The Balaban J connectivity index is 1.45. The molecule has 2 heterocycles. The average molecular weight is 438 g/mol. The SMILES string of the molecule is CCCc1c(C(=O)NCC(=O)N2CCc3ccccc3C2)nnn1-c1cccc(Cl)c1. The highest BCUT2D eigenvalue weighted by Gasteiger charge is 2.23. The second kappa shape index (κ2) is 9.31. The number of nitrogens with zero attached hydrogens (tertiary/aromatic N) is 4. The van der Waals surface area contributed by atoms with Crippen molar-refractivity contribution in [1.82, 2.24) is 25.2 Å². The summed E-state index contributed by atoms with van der Waals surface area (Å²) < 4.78 is 1.63. The molecule has 1 N–H and O–H groups in total. The Kier molecular flexibility index (Phi) is 6.32. The number of hydrogen-bond donors (Lipinski definition) is 1. The van der Waals surface area contributed by atoms with Gasteiger partial charge < -0.3 is 10.2 Å². The van der Waals surface area contributed by atoms with E-state index < -0.39 is 5.91 Å². The van der Waals surface area contributed by atoms with Crippen molar-refractivity contribution in [3.8, 4) is 5.69 Å². The predicted octanol–water partition coefficient (Wildman–Crippen LogP) is 3.19. The maximum Gasteiger partial charge on any atom is 0.274 e. The molecule has 1 aromatic heterocycles. The van der Waals surface area contributed by atoms with Gasteiger partial charge in [-0.15, -0.1) is 5.10 Å². The van der Waals surface area contributed by atoms with E-state index >= 15 is 0 Å². The molecule has 2 aromatic carbocycles. The van der Waals surface area contributed by atoms with Crippen molar-refractivity contribution in [2.75, 3.05) is 13.1 Å². The minimum Gasteiger partial charge on any atom is -0.342 e. The number of fused-ring (bicyclic) bond motifs is 1. The lowest BCUT2D eigenvalue weighted by Gasteiger charge is -2.28. The predicted molar refractivity (Wildman–Crippen MR) is 118 cm³/mol. The second-order valence-electron chi connectivity index (χ2n) is 7.54. The molecule has 4 rings (SSSR count). The van der Waals surface area contributed by atoms with Gasteiger partial charge >= 0.3 is 0 Å². The fraction of sp³-hybridized carbons (Fsp3) is 0.304. The first kappa shape index (κ1) is 21.1. The molecule has 1 aliphatic rings. The van der Waals surface area contributed by atoms with Crippen molar-refractivity contribution >= 4 is 23.4 Å². The van der Waals surface area contributed by atoms with Gasteiger partial charge in [-0.25, -0.2) is 4.68 Å². The van der Waals surface area contributed by atoms with Crippen LogP contribution in [0.2, 0.25) is 5.02 Å². The van der Waals surface area contributed by atoms with Gasteiger partial charge in [-0.1, -0.05) is 60.5 Å². The van der Waals surface area contributed by atoms with Crippen LogP contribution in [0, 0.1) is 0 Å². The zero-order valence-corrected chi connectivity index (χ0v) is 18.1. The largest absolute Gasteiger partial charge is 0.342 e. The molecule has 0 bridgehead atoms. The fourth-order valence-electron chi connectivity index (χ4n) is 3.81. The quantitative estimate of drug-likeness (QED) is 0.642. The minimum absolute atomic E-state index is 0.0728. The maximum absolute atomic E-state index is 12.8. The van der Waals surface area contributed by atoms with E-state index in [4.69, 9.17) is 11.6 Å². The Morgan fingerprint density at radius 1 is 1.13 bits per heavy atom. The average Bonchev–Trinajstić information content (AvgIpc) is 3.21. The van der Waals surface area contributed by atoms with Gasteiger partial charge in [0.05, 0.1) is 17.9 Å². The summed E-state index contributed by atoms with van der Waals surface area (Å²) in [7, 11) is 0. The van der Waals surface area contributed by atoms with Crippen LogP contribution in [0.15, 0.2) is 48.5 Å². The molecule has 160 valence electrons. The molecular formula is C23H24ClN5O2. The normalized spacial score (nSPS) is 13.0. The summed E-state index contributed by atoms with van der Waals surface area (Å²) in [4.78, 5) is 27.3. The Hall–Kier alpha value is -3.19. The van der Waals surface area contributed by atoms with E-state index in [-0.39, 0.29) is 18.1 Å². The summed E-state index contributed by atoms with van der Waals surface area (Å²) in [6.07, 6.45) is 2.27. The van der Waals surface area contributed by atoms with E-state index in [2.05, 4.69) is 21.7 Å². The molecule has 0 saturated carbocycles. The molecular weight excluding hydrogens is 414 g/mol. The number of amides is 2. The number of carbonyl (C=O) groups is 2. The van der Waals surface area contributed by atoms with Gasteiger partial charge in [0, 0.05) is 18.1 Å². The number of hydrogen-bond acceptors (Lipinski definition) is 4. The molecule has 7 nitrogen and oxygen atoms in total. The van der Waals surface area contributed by atoms with Gasteiger partial charge in [0.15, 0.2) is 5.69 Å². The summed E-state index contributed by atoms with van der Waals surface area (Å²) in [6.45, 7) is 3.17. The van der Waals surface area contributed by atoms with Crippen molar-refractivity contribution in [1.29, 1.82) is 0 Å². The Morgan fingerprint density at radius 2 is 1.94 bits per heavy atom. The van der Waals surface area contributed by atoms with Crippen molar-refractivity contribution in [3.05, 3.63) is 76.1 Å². The molecule has 0 fully saturated rings. The van der Waals surface area contributed by atoms with Crippen molar-refractivity contribution in [3.63, 3.8) is 0 Å². The number of nitrogens with one attached hydrogen (secondary N) is 1. The van der Waals surface area contributed by atoms with Crippen molar-refractivity contribution in [2.45, 2.75) is 32.7 Å². The lowest BCUT2D eigenvalue weighted by molar-refractivity contribution is -0.131. The van der Waals surface area contributed by atoms with Crippen LogP contribution in [0.1, 0.15) is 40.7 Å². The van der Waals surface area contributed by atoms with Gasteiger partial charge in [-0.2, -0.15) is 0 Å². The number of aromatic nitrogens is 3. The molecule has 0 radical (unpaired) electrons. The monoisotopic (exact) mass is 437 g/mol. The van der Waals surface area contributed by atoms with E-state index in [9.17, 15) is 9.59 Å². The van der Waals surface area contributed by atoms with E-state index in [0.29, 0.717) is 30.2 Å². The van der Waals surface area contributed by atoms with Crippen LogP contribution in [-0.4, -0.2) is 44.8 Å². The maximum atomic E-state index is 12.8. The van der Waals surface area contributed by atoms with Crippen LogP contribution >= 0.6 is 11.6 Å². The summed E-state index contributed by atoms with van der Waals surface area (Å²) in [6, 6.07) is 15.4. The number of carbonyl (C=O) groups excluding carboxylic acids is 2. The van der Waals surface area contributed by atoms with Crippen LogP contribution in [0.25, 0.3) is 5.69 Å². The van der Waals surface area contributed by atoms with Crippen LogP contribution in [0.4, 0.5) is 0 Å². The van der Waals surface area contributed by atoms with Gasteiger partial charge in [-0.3, -0.25) is 9.59 Å².